The normalized spacial score (nSPS) is 11.2. The minimum atomic E-state index is -1.03. The molecule has 0 fully saturated rings. The summed E-state index contributed by atoms with van der Waals surface area (Å²) in [5, 5.41) is 10.5. The molecular formula is C17H14Cl2N2O3. The quantitative estimate of drug-likeness (QED) is 0.721. The minimum absolute atomic E-state index is 0.171. The lowest BCUT2D eigenvalue weighted by molar-refractivity contribution is -0.137. The number of pyridine rings is 1. The van der Waals surface area contributed by atoms with Gasteiger partial charge in [0.05, 0.1) is 21.1 Å². The Hall–Kier alpha value is -2.24. The van der Waals surface area contributed by atoms with Crippen molar-refractivity contribution in [2.24, 2.45) is 0 Å². The van der Waals surface area contributed by atoms with Crippen LogP contribution in [0.5, 0.6) is 0 Å². The van der Waals surface area contributed by atoms with Crippen LogP contribution in [0.3, 0.4) is 0 Å². The number of benzene rings is 2. The van der Waals surface area contributed by atoms with Crippen LogP contribution in [0.4, 0.5) is 5.69 Å². The molecule has 7 heteroatoms. The Morgan fingerprint density at radius 2 is 1.83 bits per heavy atom. The van der Waals surface area contributed by atoms with E-state index in [-0.39, 0.29) is 22.0 Å². The van der Waals surface area contributed by atoms with Crippen LogP contribution in [0, 0.1) is 0 Å². The van der Waals surface area contributed by atoms with E-state index in [1.54, 1.807) is 24.3 Å². The van der Waals surface area contributed by atoms with Gasteiger partial charge in [-0.1, -0.05) is 23.2 Å². The van der Waals surface area contributed by atoms with Crippen molar-refractivity contribution in [2.45, 2.75) is 6.54 Å². The summed E-state index contributed by atoms with van der Waals surface area (Å²) in [6.07, 6.45) is 0. The maximum Gasteiger partial charge on any atom is 0.323 e. The average molecular weight is 365 g/mol. The topological polar surface area (TPSA) is 62.5 Å². The molecule has 0 saturated heterocycles. The number of anilines is 1. The van der Waals surface area contributed by atoms with Crippen molar-refractivity contribution in [3.8, 4) is 0 Å². The predicted octanol–water partition coefficient (Wildman–Crippen LogP) is 3.61. The first kappa shape index (κ1) is 16.6. The molecule has 24 heavy (non-hydrogen) atoms. The van der Waals surface area contributed by atoms with Gasteiger partial charge in [-0.3, -0.25) is 9.59 Å². The number of nitrogens with zero attached hydrogens (tertiary/aromatic N) is 2. The zero-order valence-electron chi connectivity index (χ0n) is 13.0. The standard InChI is InChI=1S/C17H14Cl2N2O3/c1-20(2)9-3-4-10-13(7-9)21(8-14(22)23)16-11(17(10)24)5-6-12(18)15(16)19/h3-7H,8H2,1-2H3,(H,22,23). The van der Waals surface area contributed by atoms with Crippen molar-refractivity contribution in [1.29, 1.82) is 0 Å². The van der Waals surface area contributed by atoms with Crippen molar-refractivity contribution in [2.75, 3.05) is 19.0 Å². The van der Waals surface area contributed by atoms with Crippen LogP contribution in [0.1, 0.15) is 0 Å². The lowest BCUT2D eigenvalue weighted by Crippen LogP contribution is -2.17. The van der Waals surface area contributed by atoms with Gasteiger partial charge in [0.25, 0.3) is 0 Å². The molecular weight excluding hydrogens is 351 g/mol. The van der Waals surface area contributed by atoms with E-state index in [9.17, 15) is 14.7 Å². The number of fused-ring (bicyclic) bond motifs is 2. The smallest absolute Gasteiger partial charge is 0.323 e. The zero-order valence-corrected chi connectivity index (χ0v) is 14.5. The highest BCUT2D eigenvalue weighted by atomic mass is 35.5. The number of carboxylic acids is 1. The van der Waals surface area contributed by atoms with Gasteiger partial charge in [-0.15, -0.1) is 0 Å². The Morgan fingerprint density at radius 1 is 1.17 bits per heavy atom. The molecule has 1 aromatic heterocycles. The number of aromatic nitrogens is 1. The lowest BCUT2D eigenvalue weighted by atomic mass is 10.1. The van der Waals surface area contributed by atoms with Crippen LogP contribution in [0.25, 0.3) is 21.8 Å². The zero-order chi connectivity index (χ0) is 17.6. The third kappa shape index (κ3) is 2.60. The second-order valence-electron chi connectivity index (χ2n) is 5.66. The SMILES string of the molecule is CN(C)c1ccc2c(=O)c3ccc(Cl)c(Cl)c3n(CC(=O)O)c2c1. The van der Waals surface area contributed by atoms with E-state index in [4.69, 9.17) is 23.2 Å². The highest BCUT2D eigenvalue weighted by Gasteiger charge is 2.17. The summed E-state index contributed by atoms with van der Waals surface area (Å²) in [4.78, 5) is 26.0. The van der Waals surface area contributed by atoms with Crippen molar-refractivity contribution < 1.29 is 9.90 Å². The molecule has 0 atom stereocenters. The molecule has 1 heterocycles. The van der Waals surface area contributed by atoms with Crippen molar-refractivity contribution >= 4 is 56.7 Å². The van der Waals surface area contributed by atoms with Gasteiger partial charge in [0.1, 0.15) is 6.54 Å². The monoisotopic (exact) mass is 364 g/mol. The van der Waals surface area contributed by atoms with Gasteiger partial charge in [0.2, 0.25) is 0 Å². The van der Waals surface area contributed by atoms with Crippen molar-refractivity contribution in [3.63, 3.8) is 0 Å². The van der Waals surface area contributed by atoms with Crippen molar-refractivity contribution in [3.05, 3.63) is 50.6 Å². The second-order valence-corrected chi connectivity index (χ2v) is 6.45. The third-order valence-corrected chi connectivity index (χ3v) is 4.70. The maximum atomic E-state index is 12.8. The number of carbonyl (C=O) groups is 1. The number of hydrogen-bond acceptors (Lipinski definition) is 3. The lowest BCUT2D eigenvalue weighted by Gasteiger charge is -2.18. The highest BCUT2D eigenvalue weighted by Crippen LogP contribution is 2.32. The van der Waals surface area contributed by atoms with E-state index in [0.29, 0.717) is 21.8 Å². The average Bonchev–Trinajstić information content (AvgIpc) is 2.53. The Bertz CT molecular complexity index is 1040. The molecule has 3 aromatic rings. The highest BCUT2D eigenvalue weighted by molar-refractivity contribution is 6.45. The molecule has 0 radical (unpaired) electrons. The number of carboxylic acid groups (broad SMARTS) is 1. The van der Waals surface area contributed by atoms with Gasteiger partial charge in [-0.05, 0) is 30.3 Å². The summed E-state index contributed by atoms with van der Waals surface area (Å²) >= 11 is 12.4. The Morgan fingerprint density at radius 3 is 2.46 bits per heavy atom. The van der Waals surface area contributed by atoms with E-state index in [1.165, 1.54) is 4.57 Å². The number of aliphatic carboxylic acids is 1. The number of hydrogen-bond donors (Lipinski definition) is 1. The molecule has 0 aliphatic carbocycles. The fraction of sp³-hybridized carbons (Fsp3) is 0.176. The summed E-state index contributed by atoms with van der Waals surface area (Å²) in [7, 11) is 3.73. The molecule has 0 unspecified atom stereocenters. The summed E-state index contributed by atoms with van der Waals surface area (Å²) in [5.74, 6) is -1.03. The van der Waals surface area contributed by atoms with Gasteiger partial charge in [0, 0.05) is 30.6 Å². The van der Waals surface area contributed by atoms with Crippen LogP contribution in [0.2, 0.25) is 10.0 Å². The van der Waals surface area contributed by atoms with Crippen LogP contribution < -0.4 is 10.3 Å². The molecule has 5 nitrogen and oxygen atoms in total. The van der Waals surface area contributed by atoms with Crippen LogP contribution >= 0.6 is 23.2 Å². The predicted molar refractivity (Wildman–Crippen MR) is 97.7 cm³/mol. The Labute approximate surface area is 147 Å². The van der Waals surface area contributed by atoms with Crippen LogP contribution in [-0.2, 0) is 11.3 Å². The minimum Gasteiger partial charge on any atom is -0.480 e. The molecule has 2 aromatic carbocycles. The van der Waals surface area contributed by atoms with E-state index in [0.717, 1.165) is 5.69 Å². The first-order valence-corrected chi connectivity index (χ1v) is 7.90. The molecule has 0 spiro atoms. The number of halogens is 2. The molecule has 0 aliphatic heterocycles. The van der Waals surface area contributed by atoms with E-state index < -0.39 is 5.97 Å². The maximum absolute atomic E-state index is 12.8. The second kappa shape index (κ2) is 6.00. The third-order valence-electron chi connectivity index (χ3n) is 3.91. The summed E-state index contributed by atoms with van der Waals surface area (Å²) in [6, 6.07) is 8.41. The Balaban J connectivity index is 2.58. The molecule has 1 N–H and O–H groups in total. The van der Waals surface area contributed by atoms with Crippen LogP contribution in [-0.4, -0.2) is 29.7 Å². The molecule has 3 rings (SSSR count). The fourth-order valence-electron chi connectivity index (χ4n) is 2.77. The van der Waals surface area contributed by atoms with Gasteiger partial charge < -0.3 is 14.6 Å². The molecule has 0 saturated carbocycles. The van der Waals surface area contributed by atoms with E-state index in [2.05, 4.69) is 0 Å². The van der Waals surface area contributed by atoms with Gasteiger partial charge in [-0.2, -0.15) is 0 Å². The molecule has 124 valence electrons. The molecule has 0 aliphatic rings. The van der Waals surface area contributed by atoms with E-state index in [1.807, 2.05) is 25.1 Å². The van der Waals surface area contributed by atoms with Crippen LogP contribution in [0.15, 0.2) is 35.1 Å². The first-order valence-electron chi connectivity index (χ1n) is 7.14. The molecule has 0 amide bonds. The summed E-state index contributed by atoms with van der Waals surface area (Å²) in [5.41, 5.74) is 1.48. The summed E-state index contributed by atoms with van der Waals surface area (Å²) < 4.78 is 1.52. The van der Waals surface area contributed by atoms with E-state index >= 15 is 0 Å². The largest absolute Gasteiger partial charge is 0.480 e. The van der Waals surface area contributed by atoms with Crippen molar-refractivity contribution in [1.82, 2.24) is 4.57 Å². The van der Waals surface area contributed by atoms with Gasteiger partial charge in [-0.25, -0.2) is 0 Å². The van der Waals surface area contributed by atoms with Gasteiger partial charge in [0.15, 0.2) is 5.43 Å². The molecule has 0 bridgehead atoms. The fourth-order valence-corrected chi connectivity index (χ4v) is 3.18. The summed E-state index contributed by atoms with van der Waals surface area (Å²) in [6.45, 7) is -0.329. The Kier molecular flexibility index (Phi) is 4.15. The number of rotatable bonds is 3. The van der Waals surface area contributed by atoms with Gasteiger partial charge >= 0.3 is 5.97 Å². The first-order chi connectivity index (χ1) is 11.3.